The van der Waals surface area contributed by atoms with E-state index in [0.717, 1.165) is 14.9 Å². The maximum absolute atomic E-state index is 11.8. The minimum absolute atomic E-state index is 0.134. The van der Waals surface area contributed by atoms with Gasteiger partial charge in [0, 0.05) is 29.4 Å². The SMILES string of the molecule is Cc1cc(=O)c(C(=O)NCCc2ccc(Cl)s2)c[nH]1. The number of amides is 1. The molecule has 0 saturated carbocycles. The molecule has 19 heavy (non-hydrogen) atoms. The van der Waals surface area contributed by atoms with E-state index < -0.39 is 0 Å². The van der Waals surface area contributed by atoms with E-state index in [1.807, 2.05) is 12.1 Å². The Labute approximate surface area is 119 Å². The second kappa shape index (κ2) is 6.04. The van der Waals surface area contributed by atoms with Gasteiger partial charge in [-0.2, -0.15) is 0 Å². The van der Waals surface area contributed by atoms with Gasteiger partial charge in [0.1, 0.15) is 5.56 Å². The lowest BCUT2D eigenvalue weighted by molar-refractivity contribution is 0.0953. The van der Waals surface area contributed by atoms with Gasteiger partial charge in [-0.3, -0.25) is 9.59 Å². The fourth-order valence-corrected chi connectivity index (χ4v) is 2.72. The van der Waals surface area contributed by atoms with Gasteiger partial charge in [-0.05, 0) is 25.5 Å². The zero-order valence-electron chi connectivity index (χ0n) is 10.3. The third-order valence-electron chi connectivity index (χ3n) is 2.59. The summed E-state index contributed by atoms with van der Waals surface area (Å²) in [5, 5.41) is 2.72. The van der Waals surface area contributed by atoms with Gasteiger partial charge in [-0.15, -0.1) is 11.3 Å². The predicted molar refractivity (Wildman–Crippen MR) is 77.2 cm³/mol. The minimum Gasteiger partial charge on any atom is -0.364 e. The quantitative estimate of drug-likeness (QED) is 0.910. The van der Waals surface area contributed by atoms with E-state index >= 15 is 0 Å². The zero-order chi connectivity index (χ0) is 13.8. The molecule has 2 rings (SSSR count). The van der Waals surface area contributed by atoms with Crippen molar-refractivity contribution >= 4 is 28.8 Å². The van der Waals surface area contributed by atoms with Gasteiger partial charge in [0.15, 0.2) is 5.43 Å². The molecule has 0 saturated heterocycles. The summed E-state index contributed by atoms with van der Waals surface area (Å²) in [5.41, 5.74) is 0.595. The third-order valence-corrected chi connectivity index (χ3v) is 3.88. The molecule has 1 amide bonds. The molecule has 2 aromatic heterocycles. The summed E-state index contributed by atoms with van der Waals surface area (Å²) in [7, 11) is 0. The van der Waals surface area contributed by atoms with Crippen LogP contribution in [0.3, 0.4) is 0 Å². The lowest BCUT2D eigenvalue weighted by Crippen LogP contribution is -2.30. The molecular weight excluding hydrogens is 284 g/mol. The number of aryl methyl sites for hydroxylation is 1. The van der Waals surface area contributed by atoms with Crippen LogP contribution in [0.2, 0.25) is 4.34 Å². The van der Waals surface area contributed by atoms with Crippen LogP contribution in [0.4, 0.5) is 0 Å². The molecule has 0 radical (unpaired) electrons. The van der Waals surface area contributed by atoms with Crippen molar-refractivity contribution in [2.75, 3.05) is 6.54 Å². The second-order valence-electron chi connectivity index (χ2n) is 4.11. The van der Waals surface area contributed by atoms with Crippen LogP contribution in [-0.4, -0.2) is 17.4 Å². The highest BCUT2D eigenvalue weighted by molar-refractivity contribution is 7.16. The van der Waals surface area contributed by atoms with Crippen LogP contribution in [0.5, 0.6) is 0 Å². The number of aromatic amines is 1. The molecule has 0 aliphatic rings. The number of rotatable bonds is 4. The molecule has 0 bridgehead atoms. The summed E-state index contributed by atoms with van der Waals surface area (Å²) in [5.74, 6) is -0.357. The highest BCUT2D eigenvalue weighted by Crippen LogP contribution is 2.21. The fourth-order valence-electron chi connectivity index (χ4n) is 1.63. The van der Waals surface area contributed by atoms with E-state index in [2.05, 4.69) is 10.3 Å². The smallest absolute Gasteiger partial charge is 0.256 e. The van der Waals surface area contributed by atoms with E-state index in [-0.39, 0.29) is 16.9 Å². The number of H-pyrrole nitrogens is 1. The standard InChI is InChI=1S/C13H13ClN2O2S/c1-8-6-11(17)10(7-16-8)13(18)15-5-4-9-2-3-12(14)19-9/h2-3,6-7H,4-5H2,1H3,(H,15,18)(H,16,17). The Hall–Kier alpha value is -1.59. The Kier molecular flexibility index (Phi) is 4.39. The van der Waals surface area contributed by atoms with Crippen LogP contribution in [0.1, 0.15) is 20.9 Å². The van der Waals surface area contributed by atoms with Crippen LogP contribution < -0.4 is 10.7 Å². The summed E-state index contributed by atoms with van der Waals surface area (Å²) in [4.78, 5) is 27.4. The summed E-state index contributed by atoms with van der Waals surface area (Å²) >= 11 is 7.31. The zero-order valence-corrected chi connectivity index (χ0v) is 11.9. The number of thiophene rings is 1. The summed E-state index contributed by atoms with van der Waals surface area (Å²) in [6.07, 6.45) is 2.14. The molecular formula is C13H13ClN2O2S. The molecule has 100 valence electrons. The molecule has 6 heteroatoms. The van der Waals surface area contributed by atoms with Crippen LogP contribution in [0, 0.1) is 6.92 Å². The van der Waals surface area contributed by atoms with Gasteiger partial charge in [-0.1, -0.05) is 11.6 Å². The molecule has 0 unspecified atom stereocenters. The van der Waals surface area contributed by atoms with Crippen LogP contribution >= 0.6 is 22.9 Å². The Morgan fingerprint density at radius 1 is 1.47 bits per heavy atom. The first-order valence-corrected chi connectivity index (χ1v) is 6.97. The molecule has 0 aromatic carbocycles. The number of hydrogen-bond acceptors (Lipinski definition) is 3. The van der Waals surface area contributed by atoms with Crippen molar-refractivity contribution in [3.8, 4) is 0 Å². The highest BCUT2D eigenvalue weighted by atomic mass is 35.5. The minimum atomic E-state index is -0.357. The van der Waals surface area contributed by atoms with Crippen LogP contribution in [-0.2, 0) is 6.42 Å². The topological polar surface area (TPSA) is 62.0 Å². The summed E-state index contributed by atoms with van der Waals surface area (Å²) in [6, 6.07) is 5.17. The Morgan fingerprint density at radius 3 is 2.89 bits per heavy atom. The average molecular weight is 297 g/mol. The van der Waals surface area contributed by atoms with E-state index in [4.69, 9.17) is 11.6 Å². The lowest BCUT2D eigenvalue weighted by atomic mass is 10.2. The maximum atomic E-state index is 11.8. The summed E-state index contributed by atoms with van der Waals surface area (Å²) in [6.45, 7) is 2.24. The molecule has 4 nitrogen and oxygen atoms in total. The molecule has 0 fully saturated rings. The van der Waals surface area contributed by atoms with Gasteiger partial charge in [0.05, 0.1) is 4.34 Å². The number of carbonyl (C=O) groups is 1. The largest absolute Gasteiger partial charge is 0.364 e. The Morgan fingerprint density at radius 2 is 2.26 bits per heavy atom. The van der Waals surface area contributed by atoms with Crippen LogP contribution in [0.15, 0.2) is 29.2 Å². The van der Waals surface area contributed by atoms with Crippen molar-refractivity contribution in [2.45, 2.75) is 13.3 Å². The molecule has 2 heterocycles. The molecule has 0 spiro atoms. The first-order valence-electron chi connectivity index (χ1n) is 5.78. The fraction of sp³-hybridized carbons (Fsp3) is 0.231. The average Bonchev–Trinajstić information content (AvgIpc) is 2.75. The van der Waals surface area contributed by atoms with Crippen LogP contribution in [0.25, 0.3) is 0 Å². The molecule has 0 aliphatic carbocycles. The van der Waals surface area contributed by atoms with Gasteiger partial charge >= 0.3 is 0 Å². The van der Waals surface area contributed by atoms with E-state index in [1.54, 1.807) is 6.92 Å². The first kappa shape index (κ1) is 13.8. The molecule has 2 N–H and O–H groups in total. The first-order chi connectivity index (χ1) is 9.06. The van der Waals surface area contributed by atoms with Crippen molar-refractivity contribution in [2.24, 2.45) is 0 Å². The van der Waals surface area contributed by atoms with Crippen molar-refractivity contribution in [3.05, 3.63) is 55.1 Å². The van der Waals surface area contributed by atoms with E-state index in [1.165, 1.54) is 23.6 Å². The molecule has 2 aromatic rings. The molecule has 0 aliphatic heterocycles. The normalized spacial score (nSPS) is 10.4. The highest BCUT2D eigenvalue weighted by Gasteiger charge is 2.09. The third kappa shape index (κ3) is 3.68. The van der Waals surface area contributed by atoms with E-state index in [9.17, 15) is 9.59 Å². The summed E-state index contributed by atoms with van der Waals surface area (Å²) < 4.78 is 0.733. The van der Waals surface area contributed by atoms with Gasteiger partial charge < -0.3 is 10.3 Å². The monoisotopic (exact) mass is 296 g/mol. The van der Waals surface area contributed by atoms with Gasteiger partial charge in [0.25, 0.3) is 5.91 Å². The van der Waals surface area contributed by atoms with Gasteiger partial charge in [0.2, 0.25) is 0 Å². The Bertz CT molecular complexity index is 648. The van der Waals surface area contributed by atoms with E-state index in [0.29, 0.717) is 13.0 Å². The number of pyridine rings is 1. The Balaban J connectivity index is 1.92. The number of halogens is 1. The maximum Gasteiger partial charge on any atom is 0.256 e. The van der Waals surface area contributed by atoms with Crippen molar-refractivity contribution in [3.63, 3.8) is 0 Å². The predicted octanol–water partition coefficient (Wildman–Crippen LogP) is 2.37. The van der Waals surface area contributed by atoms with Crippen molar-refractivity contribution in [1.29, 1.82) is 0 Å². The van der Waals surface area contributed by atoms with Crippen molar-refractivity contribution < 1.29 is 4.79 Å². The second-order valence-corrected chi connectivity index (χ2v) is 5.91. The lowest BCUT2D eigenvalue weighted by Gasteiger charge is -2.04. The number of aromatic nitrogens is 1. The van der Waals surface area contributed by atoms with Gasteiger partial charge in [-0.25, -0.2) is 0 Å². The number of hydrogen-bond donors (Lipinski definition) is 2. The number of nitrogens with one attached hydrogen (secondary N) is 2. The van der Waals surface area contributed by atoms with Crippen molar-refractivity contribution in [1.82, 2.24) is 10.3 Å². The number of carbonyl (C=O) groups excluding carboxylic acids is 1. The molecule has 0 atom stereocenters.